The van der Waals surface area contributed by atoms with E-state index in [2.05, 4.69) is 6.92 Å². The van der Waals surface area contributed by atoms with Crippen LogP contribution < -0.4 is 0 Å². The molecule has 0 aliphatic carbocycles. The van der Waals surface area contributed by atoms with E-state index in [1.54, 1.807) is 4.90 Å². The van der Waals surface area contributed by atoms with Gasteiger partial charge in [0.05, 0.1) is 6.10 Å². The lowest BCUT2D eigenvalue weighted by Gasteiger charge is -2.29. The standard InChI is InChI=1S/C13H25NO3/c1-2-3-4-5-10-17-11-13(16)14-8-6-12(15)7-9-14/h12,15H,2-11H2,1H3. The molecule has 1 saturated heterocycles. The highest BCUT2D eigenvalue weighted by Gasteiger charge is 2.20. The number of carbonyl (C=O) groups excluding carboxylic acids is 1. The first kappa shape index (κ1) is 14.5. The van der Waals surface area contributed by atoms with Crippen LogP contribution in [0.2, 0.25) is 0 Å². The molecule has 1 fully saturated rings. The fourth-order valence-corrected chi connectivity index (χ4v) is 2.00. The summed E-state index contributed by atoms with van der Waals surface area (Å²) in [6.07, 6.45) is 5.84. The second-order valence-corrected chi connectivity index (χ2v) is 4.73. The van der Waals surface area contributed by atoms with Gasteiger partial charge in [0.2, 0.25) is 5.91 Å². The van der Waals surface area contributed by atoms with E-state index in [0.29, 0.717) is 32.5 Å². The Hall–Kier alpha value is -0.610. The summed E-state index contributed by atoms with van der Waals surface area (Å²) in [6, 6.07) is 0. The Labute approximate surface area is 104 Å². The van der Waals surface area contributed by atoms with Gasteiger partial charge in [0.1, 0.15) is 6.61 Å². The number of aliphatic hydroxyl groups is 1. The summed E-state index contributed by atoms with van der Waals surface area (Å²) in [4.78, 5) is 13.5. The van der Waals surface area contributed by atoms with E-state index in [1.165, 1.54) is 19.3 Å². The quantitative estimate of drug-likeness (QED) is 0.690. The van der Waals surface area contributed by atoms with E-state index in [1.807, 2.05) is 0 Å². The molecular formula is C13H25NO3. The van der Waals surface area contributed by atoms with Crippen LogP contribution in [0.25, 0.3) is 0 Å². The summed E-state index contributed by atoms with van der Waals surface area (Å²) < 4.78 is 5.37. The average molecular weight is 243 g/mol. The van der Waals surface area contributed by atoms with Crippen LogP contribution in [0.4, 0.5) is 0 Å². The summed E-state index contributed by atoms with van der Waals surface area (Å²) in [7, 11) is 0. The van der Waals surface area contributed by atoms with Gasteiger partial charge in [-0.05, 0) is 19.3 Å². The van der Waals surface area contributed by atoms with Gasteiger partial charge in [-0.2, -0.15) is 0 Å². The molecular weight excluding hydrogens is 218 g/mol. The molecule has 1 N–H and O–H groups in total. The Morgan fingerprint density at radius 1 is 1.29 bits per heavy atom. The van der Waals surface area contributed by atoms with Crippen LogP contribution in [-0.4, -0.2) is 48.3 Å². The molecule has 1 amide bonds. The number of unbranched alkanes of at least 4 members (excludes halogenated alkanes) is 3. The number of likely N-dealkylation sites (tertiary alicyclic amines) is 1. The number of hydrogen-bond acceptors (Lipinski definition) is 3. The molecule has 4 nitrogen and oxygen atoms in total. The van der Waals surface area contributed by atoms with Gasteiger partial charge in [-0.25, -0.2) is 0 Å². The average Bonchev–Trinajstić information content (AvgIpc) is 2.34. The first-order valence-electron chi connectivity index (χ1n) is 6.77. The molecule has 1 heterocycles. The van der Waals surface area contributed by atoms with Crippen LogP contribution in [0, 0.1) is 0 Å². The summed E-state index contributed by atoms with van der Waals surface area (Å²) in [5.74, 6) is 0.0624. The summed E-state index contributed by atoms with van der Waals surface area (Å²) >= 11 is 0. The minimum atomic E-state index is -0.228. The molecule has 0 radical (unpaired) electrons. The third-order valence-electron chi connectivity index (χ3n) is 3.18. The van der Waals surface area contributed by atoms with Gasteiger partial charge in [-0.15, -0.1) is 0 Å². The van der Waals surface area contributed by atoms with Gasteiger partial charge < -0.3 is 14.7 Å². The molecule has 0 bridgehead atoms. The van der Waals surface area contributed by atoms with Crippen LogP contribution in [0.3, 0.4) is 0 Å². The maximum absolute atomic E-state index is 11.7. The van der Waals surface area contributed by atoms with Gasteiger partial charge >= 0.3 is 0 Å². The lowest BCUT2D eigenvalue weighted by Crippen LogP contribution is -2.41. The Morgan fingerprint density at radius 2 is 2.00 bits per heavy atom. The van der Waals surface area contributed by atoms with Crippen LogP contribution >= 0.6 is 0 Å². The maximum atomic E-state index is 11.7. The van der Waals surface area contributed by atoms with Gasteiger partial charge in [-0.3, -0.25) is 4.79 Å². The molecule has 0 atom stereocenters. The maximum Gasteiger partial charge on any atom is 0.248 e. The number of piperidine rings is 1. The van der Waals surface area contributed by atoms with Crippen LogP contribution in [-0.2, 0) is 9.53 Å². The largest absolute Gasteiger partial charge is 0.393 e. The second kappa shape index (κ2) is 8.48. The van der Waals surface area contributed by atoms with E-state index in [-0.39, 0.29) is 18.6 Å². The van der Waals surface area contributed by atoms with Crippen molar-refractivity contribution < 1.29 is 14.6 Å². The Bertz CT molecular complexity index is 213. The predicted molar refractivity (Wildman–Crippen MR) is 66.8 cm³/mol. The molecule has 0 unspecified atom stereocenters. The number of amides is 1. The van der Waals surface area contributed by atoms with E-state index in [0.717, 1.165) is 6.42 Å². The predicted octanol–water partition coefficient (Wildman–Crippen LogP) is 1.57. The van der Waals surface area contributed by atoms with E-state index in [4.69, 9.17) is 4.74 Å². The number of ether oxygens (including phenoxy) is 1. The van der Waals surface area contributed by atoms with Crippen LogP contribution in [0.15, 0.2) is 0 Å². The van der Waals surface area contributed by atoms with Crippen molar-refractivity contribution in [1.29, 1.82) is 0 Å². The third-order valence-corrected chi connectivity index (χ3v) is 3.18. The SMILES string of the molecule is CCCCCCOCC(=O)N1CCC(O)CC1. The van der Waals surface area contributed by atoms with Crippen LogP contribution in [0.5, 0.6) is 0 Å². The fraction of sp³-hybridized carbons (Fsp3) is 0.923. The molecule has 100 valence electrons. The molecule has 0 aromatic carbocycles. The summed E-state index contributed by atoms with van der Waals surface area (Å²) in [5, 5.41) is 9.34. The molecule has 1 aliphatic heterocycles. The molecule has 0 spiro atoms. The number of hydrogen-bond donors (Lipinski definition) is 1. The highest BCUT2D eigenvalue weighted by Crippen LogP contribution is 2.10. The van der Waals surface area contributed by atoms with Gasteiger partial charge in [0.15, 0.2) is 0 Å². The zero-order valence-electron chi connectivity index (χ0n) is 10.9. The second-order valence-electron chi connectivity index (χ2n) is 4.73. The normalized spacial score (nSPS) is 17.4. The molecule has 4 heteroatoms. The number of aliphatic hydroxyl groups excluding tert-OH is 1. The van der Waals surface area contributed by atoms with Gasteiger partial charge in [0, 0.05) is 19.7 Å². The number of carbonyl (C=O) groups is 1. The molecule has 0 saturated carbocycles. The van der Waals surface area contributed by atoms with Crippen molar-refractivity contribution in [2.45, 2.75) is 51.6 Å². The minimum Gasteiger partial charge on any atom is -0.393 e. The fourth-order valence-electron chi connectivity index (χ4n) is 2.00. The highest BCUT2D eigenvalue weighted by atomic mass is 16.5. The summed E-state index contributed by atoms with van der Waals surface area (Å²) in [5.41, 5.74) is 0. The lowest BCUT2D eigenvalue weighted by molar-refractivity contribution is -0.138. The van der Waals surface area contributed by atoms with Crippen molar-refractivity contribution in [3.63, 3.8) is 0 Å². The van der Waals surface area contributed by atoms with Crippen molar-refractivity contribution in [3.05, 3.63) is 0 Å². The van der Waals surface area contributed by atoms with E-state index < -0.39 is 0 Å². The Morgan fingerprint density at radius 3 is 2.65 bits per heavy atom. The first-order valence-corrected chi connectivity index (χ1v) is 6.77. The first-order chi connectivity index (χ1) is 8.24. The van der Waals surface area contributed by atoms with Crippen molar-refractivity contribution >= 4 is 5.91 Å². The van der Waals surface area contributed by atoms with E-state index in [9.17, 15) is 9.90 Å². The van der Waals surface area contributed by atoms with Crippen molar-refractivity contribution in [3.8, 4) is 0 Å². The number of nitrogens with zero attached hydrogens (tertiary/aromatic N) is 1. The number of rotatable bonds is 7. The zero-order chi connectivity index (χ0) is 12.5. The lowest BCUT2D eigenvalue weighted by atomic mass is 10.1. The third kappa shape index (κ3) is 6.03. The Balaban J connectivity index is 2.01. The van der Waals surface area contributed by atoms with Crippen molar-refractivity contribution in [1.82, 2.24) is 4.90 Å². The van der Waals surface area contributed by atoms with Crippen LogP contribution in [0.1, 0.15) is 45.4 Å². The molecule has 17 heavy (non-hydrogen) atoms. The minimum absolute atomic E-state index is 0.0624. The highest BCUT2D eigenvalue weighted by molar-refractivity contribution is 5.77. The molecule has 1 aliphatic rings. The molecule has 0 aromatic rings. The van der Waals surface area contributed by atoms with Gasteiger partial charge in [0.25, 0.3) is 0 Å². The summed E-state index contributed by atoms with van der Waals surface area (Å²) in [6.45, 7) is 4.39. The van der Waals surface area contributed by atoms with Crippen molar-refractivity contribution in [2.75, 3.05) is 26.3 Å². The van der Waals surface area contributed by atoms with Crippen molar-refractivity contribution in [2.24, 2.45) is 0 Å². The topological polar surface area (TPSA) is 49.8 Å². The smallest absolute Gasteiger partial charge is 0.248 e. The monoisotopic (exact) mass is 243 g/mol. The van der Waals surface area contributed by atoms with E-state index >= 15 is 0 Å². The van der Waals surface area contributed by atoms with Gasteiger partial charge in [-0.1, -0.05) is 26.2 Å². The molecule has 0 aromatic heterocycles. The Kier molecular flexibility index (Phi) is 7.21. The molecule has 1 rings (SSSR count). The zero-order valence-corrected chi connectivity index (χ0v) is 10.9.